The molecule has 0 bridgehead atoms. The summed E-state index contributed by atoms with van der Waals surface area (Å²) in [6, 6.07) is 10.2. The van der Waals surface area contributed by atoms with Crippen molar-refractivity contribution >= 4 is 11.9 Å². The number of carboxylic acids is 2. The predicted octanol–water partition coefficient (Wildman–Crippen LogP) is 0.823. The van der Waals surface area contributed by atoms with E-state index in [-0.39, 0.29) is 0 Å². The van der Waals surface area contributed by atoms with Crippen molar-refractivity contribution in [3.05, 3.63) is 36.5 Å². The largest absolute Gasteiger partial charge is 0.473 e. The first-order valence-corrected chi connectivity index (χ1v) is 8.28. The van der Waals surface area contributed by atoms with Crippen LogP contribution in [0.2, 0.25) is 0 Å². The van der Waals surface area contributed by atoms with Gasteiger partial charge in [-0.2, -0.15) is 15.0 Å². The molecule has 0 unspecified atom stereocenters. The molecule has 1 aliphatic heterocycles. The molecule has 1 aliphatic rings. The van der Waals surface area contributed by atoms with Crippen molar-refractivity contribution in [3.63, 3.8) is 0 Å². The third-order valence-electron chi connectivity index (χ3n) is 3.73. The molecule has 140 valence electrons. The molecule has 0 saturated carbocycles. The van der Waals surface area contributed by atoms with Gasteiger partial charge in [0.2, 0.25) is 0 Å². The van der Waals surface area contributed by atoms with Crippen LogP contribution in [-0.2, 0) is 20.9 Å². The van der Waals surface area contributed by atoms with Gasteiger partial charge in [0.05, 0.1) is 26.0 Å². The zero-order valence-electron chi connectivity index (χ0n) is 14.3. The molecule has 9 nitrogen and oxygen atoms in total. The summed E-state index contributed by atoms with van der Waals surface area (Å²) in [6.45, 7) is 5.76. The minimum Gasteiger partial charge on any atom is -0.473 e. The van der Waals surface area contributed by atoms with Crippen molar-refractivity contribution in [2.45, 2.75) is 13.0 Å². The highest BCUT2D eigenvalue weighted by Crippen LogP contribution is 2.14. The molecule has 2 aromatic rings. The van der Waals surface area contributed by atoms with E-state index < -0.39 is 11.9 Å². The standard InChI is InChI=1S/C15H20N4O.C2H2O4/c1-2-5-14(6-3-1)15-13-16-19(17-15)8-4-7-18-9-11-20-12-10-18;3-1(4)2(5)6/h1-3,5-6,13H,4,7-12H2;(H,3,4)(H,5,6). The van der Waals surface area contributed by atoms with Crippen LogP contribution < -0.4 is 0 Å². The molecule has 0 aliphatic carbocycles. The molecule has 26 heavy (non-hydrogen) atoms. The molecule has 3 rings (SSSR count). The van der Waals surface area contributed by atoms with Crippen molar-refractivity contribution < 1.29 is 24.5 Å². The zero-order valence-corrected chi connectivity index (χ0v) is 14.3. The van der Waals surface area contributed by atoms with Gasteiger partial charge >= 0.3 is 11.9 Å². The number of hydrogen-bond acceptors (Lipinski definition) is 6. The normalized spacial score (nSPS) is 14.3. The smallest absolute Gasteiger partial charge is 0.414 e. The Morgan fingerprint density at radius 2 is 1.69 bits per heavy atom. The third kappa shape index (κ3) is 6.61. The summed E-state index contributed by atoms with van der Waals surface area (Å²) in [6.07, 6.45) is 2.91. The van der Waals surface area contributed by atoms with Gasteiger partial charge < -0.3 is 14.9 Å². The van der Waals surface area contributed by atoms with Crippen LogP contribution in [0.25, 0.3) is 11.3 Å². The maximum absolute atomic E-state index is 9.10. The molecule has 1 aromatic heterocycles. The summed E-state index contributed by atoms with van der Waals surface area (Å²) in [4.78, 5) is 22.4. The van der Waals surface area contributed by atoms with E-state index in [0.717, 1.165) is 57.1 Å². The fourth-order valence-electron chi connectivity index (χ4n) is 2.41. The minimum atomic E-state index is -1.82. The summed E-state index contributed by atoms with van der Waals surface area (Å²) < 4.78 is 5.35. The van der Waals surface area contributed by atoms with Crippen LogP contribution in [0.5, 0.6) is 0 Å². The number of carboxylic acid groups (broad SMARTS) is 2. The van der Waals surface area contributed by atoms with Crippen molar-refractivity contribution in [1.82, 2.24) is 19.9 Å². The Kier molecular flexibility index (Phi) is 7.72. The predicted molar refractivity (Wildman–Crippen MR) is 92.6 cm³/mol. The van der Waals surface area contributed by atoms with Gasteiger partial charge in [0.15, 0.2) is 0 Å². The van der Waals surface area contributed by atoms with Gasteiger partial charge in [-0.25, -0.2) is 9.59 Å². The molecule has 9 heteroatoms. The number of ether oxygens (including phenoxy) is 1. The number of aryl methyl sites for hydroxylation is 1. The Balaban J connectivity index is 0.000000352. The first kappa shape index (κ1) is 19.5. The highest BCUT2D eigenvalue weighted by molar-refractivity contribution is 6.27. The Morgan fingerprint density at radius 3 is 2.31 bits per heavy atom. The monoisotopic (exact) mass is 362 g/mol. The van der Waals surface area contributed by atoms with Gasteiger partial charge in [-0.1, -0.05) is 30.3 Å². The van der Waals surface area contributed by atoms with Crippen LogP contribution in [-0.4, -0.2) is 74.9 Å². The summed E-state index contributed by atoms with van der Waals surface area (Å²) in [5.41, 5.74) is 2.06. The summed E-state index contributed by atoms with van der Waals surface area (Å²) in [5.74, 6) is -3.65. The van der Waals surface area contributed by atoms with Crippen LogP contribution in [0.4, 0.5) is 0 Å². The average molecular weight is 362 g/mol. The first-order chi connectivity index (χ1) is 12.6. The second-order valence-electron chi connectivity index (χ2n) is 5.61. The van der Waals surface area contributed by atoms with E-state index in [0.29, 0.717) is 0 Å². The van der Waals surface area contributed by atoms with E-state index in [1.807, 2.05) is 24.4 Å². The van der Waals surface area contributed by atoms with Gasteiger partial charge in [0.1, 0.15) is 5.69 Å². The molecule has 1 aromatic carbocycles. The zero-order chi connectivity index (χ0) is 18.8. The highest BCUT2D eigenvalue weighted by Gasteiger charge is 2.10. The topological polar surface area (TPSA) is 118 Å². The molecular weight excluding hydrogens is 340 g/mol. The molecule has 1 fully saturated rings. The highest BCUT2D eigenvalue weighted by atomic mass is 16.5. The molecule has 0 atom stereocenters. The van der Waals surface area contributed by atoms with E-state index in [1.165, 1.54) is 0 Å². The lowest BCUT2D eigenvalue weighted by Crippen LogP contribution is -2.37. The Bertz CT molecular complexity index is 686. The molecule has 1 saturated heterocycles. The van der Waals surface area contributed by atoms with E-state index in [1.54, 1.807) is 4.80 Å². The molecule has 0 radical (unpaired) electrons. The first-order valence-electron chi connectivity index (χ1n) is 8.28. The molecular formula is C17H22N4O5. The number of aromatic nitrogens is 3. The van der Waals surface area contributed by atoms with Gasteiger partial charge in [-0.15, -0.1) is 0 Å². The van der Waals surface area contributed by atoms with E-state index in [4.69, 9.17) is 24.5 Å². The number of rotatable bonds is 5. The lowest BCUT2D eigenvalue weighted by molar-refractivity contribution is -0.159. The fraction of sp³-hybridized carbons (Fsp3) is 0.412. The molecule has 2 N–H and O–H groups in total. The maximum atomic E-state index is 9.10. The lowest BCUT2D eigenvalue weighted by Gasteiger charge is -2.26. The quantitative estimate of drug-likeness (QED) is 0.751. The number of nitrogens with zero attached hydrogens (tertiary/aromatic N) is 4. The van der Waals surface area contributed by atoms with Gasteiger partial charge in [0, 0.05) is 25.2 Å². The molecule has 0 amide bonds. The number of aliphatic carboxylic acids is 2. The summed E-state index contributed by atoms with van der Waals surface area (Å²) in [5, 5.41) is 23.6. The van der Waals surface area contributed by atoms with Crippen LogP contribution in [0.3, 0.4) is 0 Å². The lowest BCUT2D eigenvalue weighted by atomic mass is 10.2. The minimum absolute atomic E-state index is 0.859. The van der Waals surface area contributed by atoms with Crippen LogP contribution in [0, 0.1) is 0 Å². The van der Waals surface area contributed by atoms with E-state index >= 15 is 0 Å². The summed E-state index contributed by atoms with van der Waals surface area (Å²) >= 11 is 0. The van der Waals surface area contributed by atoms with Crippen molar-refractivity contribution in [2.75, 3.05) is 32.8 Å². The van der Waals surface area contributed by atoms with Gasteiger partial charge in [-0.05, 0) is 6.42 Å². The van der Waals surface area contributed by atoms with Crippen LogP contribution >= 0.6 is 0 Å². The van der Waals surface area contributed by atoms with Gasteiger partial charge in [0.25, 0.3) is 0 Å². The maximum Gasteiger partial charge on any atom is 0.414 e. The van der Waals surface area contributed by atoms with Crippen LogP contribution in [0.15, 0.2) is 36.5 Å². The third-order valence-corrected chi connectivity index (χ3v) is 3.73. The number of carbonyl (C=O) groups is 2. The second kappa shape index (κ2) is 10.3. The molecule has 2 heterocycles. The number of benzene rings is 1. The van der Waals surface area contributed by atoms with Crippen molar-refractivity contribution in [2.24, 2.45) is 0 Å². The Labute approximate surface area is 150 Å². The number of hydrogen-bond donors (Lipinski definition) is 2. The van der Waals surface area contributed by atoms with Gasteiger partial charge in [-0.3, -0.25) is 4.90 Å². The number of morpholine rings is 1. The Hall–Kier alpha value is -2.78. The van der Waals surface area contributed by atoms with Crippen molar-refractivity contribution in [3.8, 4) is 11.3 Å². The summed E-state index contributed by atoms with van der Waals surface area (Å²) in [7, 11) is 0. The SMILES string of the molecule is O=C(O)C(=O)O.c1ccc(-c2cnn(CCCN3CCOCC3)n2)cc1. The second-order valence-corrected chi connectivity index (χ2v) is 5.61. The molecule has 0 spiro atoms. The van der Waals surface area contributed by atoms with E-state index in [9.17, 15) is 0 Å². The average Bonchev–Trinajstić information content (AvgIpc) is 3.13. The van der Waals surface area contributed by atoms with Crippen LogP contribution in [0.1, 0.15) is 6.42 Å². The Morgan fingerprint density at radius 1 is 1.04 bits per heavy atom. The van der Waals surface area contributed by atoms with Crippen molar-refractivity contribution in [1.29, 1.82) is 0 Å². The fourth-order valence-corrected chi connectivity index (χ4v) is 2.41. The van der Waals surface area contributed by atoms with E-state index in [2.05, 4.69) is 27.2 Å².